The maximum Gasteiger partial charge on any atom is 0.244 e. The van der Waals surface area contributed by atoms with E-state index in [1.54, 1.807) is 4.68 Å². The molecule has 5 heteroatoms. The molecule has 0 saturated heterocycles. The van der Waals surface area contributed by atoms with Crippen molar-refractivity contribution < 1.29 is 4.79 Å². The van der Waals surface area contributed by atoms with E-state index in [-0.39, 0.29) is 11.9 Å². The molecule has 0 radical (unpaired) electrons. The van der Waals surface area contributed by atoms with Gasteiger partial charge in [-0.25, -0.2) is 0 Å². The first-order valence-electron chi connectivity index (χ1n) is 8.53. The molecule has 5 rings (SSSR count). The number of aromatic nitrogens is 2. The molecular formula is C17H24BrN3O. The number of carbonyl (C=O) groups is 1. The van der Waals surface area contributed by atoms with Crippen molar-refractivity contribution in [1.82, 2.24) is 15.1 Å². The Morgan fingerprint density at radius 2 is 1.86 bits per heavy atom. The van der Waals surface area contributed by atoms with Gasteiger partial charge in [0.05, 0.1) is 10.2 Å². The second kappa shape index (κ2) is 5.36. The van der Waals surface area contributed by atoms with E-state index in [9.17, 15) is 4.79 Å². The first-order chi connectivity index (χ1) is 10.5. The van der Waals surface area contributed by atoms with Crippen LogP contribution in [0.25, 0.3) is 0 Å². The van der Waals surface area contributed by atoms with Crippen LogP contribution in [0.3, 0.4) is 0 Å². The average Bonchev–Trinajstić information content (AvgIpc) is 2.80. The van der Waals surface area contributed by atoms with E-state index in [1.807, 2.05) is 20.0 Å². The fraction of sp³-hybridized carbons (Fsp3) is 0.765. The summed E-state index contributed by atoms with van der Waals surface area (Å²) >= 11 is 3.47. The van der Waals surface area contributed by atoms with Crippen LogP contribution in [-0.4, -0.2) is 21.7 Å². The number of halogens is 1. The highest BCUT2D eigenvalue weighted by molar-refractivity contribution is 9.10. The van der Waals surface area contributed by atoms with E-state index in [1.165, 1.54) is 32.1 Å². The Kier molecular flexibility index (Phi) is 3.59. The number of carbonyl (C=O) groups excluding carboxylic acids is 1. The number of hydrogen-bond acceptors (Lipinski definition) is 2. The summed E-state index contributed by atoms with van der Waals surface area (Å²) in [5, 5.41) is 7.80. The summed E-state index contributed by atoms with van der Waals surface area (Å²) in [4.78, 5) is 12.7. The van der Waals surface area contributed by atoms with E-state index in [4.69, 9.17) is 0 Å². The molecule has 4 aliphatic carbocycles. The Balaban J connectivity index is 1.45. The molecule has 1 N–H and O–H groups in total. The van der Waals surface area contributed by atoms with E-state index < -0.39 is 0 Å². The smallest absolute Gasteiger partial charge is 0.244 e. The van der Waals surface area contributed by atoms with Gasteiger partial charge in [0.15, 0.2) is 0 Å². The monoisotopic (exact) mass is 365 g/mol. The van der Waals surface area contributed by atoms with Crippen molar-refractivity contribution in [2.75, 3.05) is 0 Å². The molecule has 1 atom stereocenters. The van der Waals surface area contributed by atoms with Crippen molar-refractivity contribution in [2.24, 2.45) is 23.7 Å². The number of nitrogens with zero attached hydrogens (tertiary/aromatic N) is 2. The van der Waals surface area contributed by atoms with Crippen molar-refractivity contribution in [2.45, 2.75) is 58.0 Å². The quantitative estimate of drug-likeness (QED) is 0.891. The van der Waals surface area contributed by atoms with Crippen LogP contribution in [0.5, 0.6) is 0 Å². The van der Waals surface area contributed by atoms with Gasteiger partial charge in [0.2, 0.25) is 5.91 Å². The van der Waals surface area contributed by atoms with Crippen LogP contribution in [0.2, 0.25) is 0 Å². The number of aryl methyl sites for hydroxylation is 1. The largest absolute Gasteiger partial charge is 0.351 e. The number of hydrogen-bond donors (Lipinski definition) is 1. The van der Waals surface area contributed by atoms with Gasteiger partial charge in [-0.15, -0.1) is 0 Å². The van der Waals surface area contributed by atoms with Crippen LogP contribution in [0.1, 0.15) is 50.8 Å². The van der Waals surface area contributed by atoms with Crippen molar-refractivity contribution >= 4 is 21.8 Å². The Hall–Kier alpha value is -0.840. The molecule has 1 heterocycles. The fourth-order valence-corrected chi connectivity index (χ4v) is 5.51. The minimum atomic E-state index is -0.248. The SMILES string of the molecule is Cc1nn([C@@H](C)C(=O)NC2C3CC4CC(C3)CC2C4)cc1Br. The highest BCUT2D eigenvalue weighted by atomic mass is 79.9. The Morgan fingerprint density at radius 3 is 2.36 bits per heavy atom. The first kappa shape index (κ1) is 14.7. The van der Waals surface area contributed by atoms with Crippen LogP contribution in [-0.2, 0) is 4.79 Å². The highest BCUT2D eigenvalue weighted by Gasteiger charge is 2.48. The van der Waals surface area contributed by atoms with Gasteiger partial charge in [0.1, 0.15) is 6.04 Å². The molecule has 4 aliphatic rings. The Labute approximate surface area is 140 Å². The van der Waals surface area contributed by atoms with Crippen LogP contribution in [0, 0.1) is 30.6 Å². The van der Waals surface area contributed by atoms with Crippen LogP contribution in [0.4, 0.5) is 0 Å². The van der Waals surface area contributed by atoms with Gasteiger partial charge in [-0.3, -0.25) is 9.48 Å². The van der Waals surface area contributed by atoms with Gasteiger partial charge in [0.25, 0.3) is 0 Å². The summed E-state index contributed by atoms with van der Waals surface area (Å²) in [5.41, 5.74) is 0.925. The third kappa shape index (κ3) is 2.41. The number of nitrogens with one attached hydrogen (secondary N) is 1. The van der Waals surface area contributed by atoms with Gasteiger partial charge in [-0.2, -0.15) is 5.10 Å². The normalized spacial score (nSPS) is 37.3. The second-order valence-corrected chi connectivity index (χ2v) is 8.54. The molecule has 0 aromatic carbocycles. The van der Waals surface area contributed by atoms with E-state index in [0.717, 1.165) is 33.8 Å². The van der Waals surface area contributed by atoms with Crippen LogP contribution < -0.4 is 5.32 Å². The standard InChI is InChI=1S/C17H24BrN3O/c1-9-15(18)8-21(20-9)10(2)17(22)19-16-13-4-11-3-12(6-13)7-14(16)5-11/h8,10-14,16H,3-7H2,1-2H3,(H,19,22)/t10-,11?,12?,13?,14?,16?/m0/s1. The minimum Gasteiger partial charge on any atom is -0.351 e. The van der Waals surface area contributed by atoms with Gasteiger partial charge in [0, 0.05) is 12.2 Å². The van der Waals surface area contributed by atoms with Crippen molar-refractivity contribution in [3.05, 3.63) is 16.4 Å². The zero-order chi connectivity index (χ0) is 15.4. The first-order valence-corrected chi connectivity index (χ1v) is 9.32. The molecule has 4 saturated carbocycles. The van der Waals surface area contributed by atoms with E-state index in [2.05, 4.69) is 26.3 Å². The van der Waals surface area contributed by atoms with Crippen molar-refractivity contribution in [3.8, 4) is 0 Å². The number of rotatable bonds is 3. The Morgan fingerprint density at radius 1 is 1.27 bits per heavy atom. The summed E-state index contributed by atoms with van der Waals surface area (Å²) < 4.78 is 2.73. The van der Waals surface area contributed by atoms with Gasteiger partial charge >= 0.3 is 0 Å². The van der Waals surface area contributed by atoms with Gasteiger partial charge in [-0.1, -0.05) is 0 Å². The molecule has 1 aromatic heterocycles. The molecule has 0 spiro atoms. The second-order valence-electron chi connectivity index (χ2n) is 7.68. The molecule has 0 aliphatic heterocycles. The maximum atomic E-state index is 12.7. The molecule has 4 nitrogen and oxygen atoms in total. The zero-order valence-electron chi connectivity index (χ0n) is 13.3. The molecule has 4 bridgehead atoms. The fourth-order valence-electron chi connectivity index (χ4n) is 5.22. The van der Waals surface area contributed by atoms with Gasteiger partial charge < -0.3 is 5.32 Å². The predicted octanol–water partition coefficient (Wildman–Crippen LogP) is 3.46. The summed E-state index contributed by atoms with van der Waals surface area (Å²) in [6, 6.07) is 0.157. The molecule has 120 valence electrons. The van der Waals surface area contributed by atoms with E-state index >= 15 is 0 Å². The van der Waals surface area contributed by atoms with Crippen molar-refractivity contribution in [1.29, 1.82) is 0 Å². The molecule has 1 amide bonds. The molecule has 1 aromatic rings. The third-order valence-corrected chi connectivity index (χ3v) is 6.95. The minimum absolute atomic E-state index is 0.118. The summed E-state index contributed by atoms with van der Waals surface area (Å²) in [6.07, 6.45) is 8.68. The lowest BCUT2D eigenvalue weighted by molar-refractivity contribution is -0.128. The van der Waals surface area contributed by atoms with Crippen molar-refractivity contribution in [3.63, 3.8) is 0 Å². The summed E-state index contributed by atoms with van der Waals surface area (Å²) in [6.45, 7) is 3.88. The highest BCUT2D eigenvalue weighted by Crippen LogP contribution is 2.53. The number of amides is 1. The molecule has 4 fully saturated rings. The zero-order valence-corrected chi connectivity index (χ0v) is 14.8. The topological polar surface area (TPSA) is 46.9 Å². The summed E-state index contributed by atoms with van der Waals surface area (Å²) in [7, 11) is 0. The molecule has 0 unspecified atom stereocenters. The lowest BCUT2D eigenvalue weighted by atomic mass is 9.54. The Bertz CT molecular complexity index is 549. The van der Waals surface area contributed by atoms with Crippen LogP contribution in [0.15, 0.2) is 10.7 Å². The molecular weight excluding hydrogens is 342 g/mol. The summed E-state index contributed by atoms with van der Waals surface area (Å²) in [5.74, 6) is 3.44. The van der Waals surface area contributed by atoms with Crippen LogP contribution >= 0.6 is 15.9 Å². The van der Waals surface area contributed by atoms with Gasteiger partial charge in [-0.05, 0) is 85.6 Å². The third-order valence-electron chi connectivity index (χ3n) is 6.17. The maximum absolute atomic E-state index is 12.7. The molecule has 22 heavy (non-hydrogen) atoms. The predicted molar refractivity (Wildman–Crippen MR) is 88.4 cm³/mol. The lowest BCUT2D eigenvalue weighted by Crippen LogP contribution is -2.56. The lowest BCUT2D eigenvalue weighted by Gasteiger charge is -2.54. The average molecular weight is 366 g/mol. The van der Waals surface area contributed by atoms with E-state index in [0.29, 0.717) is 6.04 Å².